The van der Waals surface area contributed by atoms with E-state index in [1.165, 1.54) is 17.0 Å². The minimum absolute atomic E-state index is 0.0709. The first kappa shape index (κ1) is 15.6. The zero-order chi connectivity index (χ0) is 14.7. The normalized spacial score (nSPS) is 12.9. The summed E-state index contributed by atoms with van der Waals surface area (Å²) in [5, 5.41) is 5.26. The first-order chi connectivity index (χ1) is 9.50. The molecule has 0 bridgehead atoms. The van der Waals surface area contributed by atoms with E-state index in [-0.39, 0.29) is 22.6 Å². The Balaban J connectivity index is 2.17. The van der Waals surface area contributed by atoms with Crippen LogP contribution in [0.4, 0.5) is 8.78 Å². The van der Waals surface area contributed by atoms with Crippen LogP contribution in [0.1, 0.15) is 30.3 Å². The van der Waals surface area contributed by atoms with Crippen LogP contribution in [0, 0.1) is 17.6 Å². The van der Waals surface area contributed by atoms with Crippen LogP contribution in [0.3, 0.4) is 0 Å². The SMILES string of the molecule is CC(C)C(NCc1c(F)ccc(Br)c1F)c1cccs1. The van der Waals surface area contributed by atoms with Crippen molar-refractivity contribution in [2.24, 2.45) is 5.92 Å². The Bertz CT molecular complexity index is 570. The molecule has 0 saturated heterocycles. The second-order valence-electron chi connectivity index (χ2n) is 4.94. The van der Waals surface area contributed by atoms with Gasteiger partial charge in [0, 0.05) is 23.0 Å². The van der Waals surface area contributed by atoms with Gasteiger partial charge < -0.3 is 5.32 Å². The standard InChI is InChI=1S/C15H16BrF2NS/c1-9(2)15(13-4-3-7-20-13)19-8-10-12(17)6-5-11(16)14(10)18/h3-7,9,15,19H,8H2,1-2H3. The number of hydrogen-bond acceptors (Lipinski definition) is 2. The van der Waals surface area contributed by atoms with Crippen molar-refractivity contribution in [1.82, 2.24) is 5.32 Å². The van der Waals surface area contributed by atoms with Gasteiger partial charge in [0.15, 0.2) is 0 Å². The molecule has 0 aliphatic rings. The lowest BCUT2D eigenvalue weighted by molar-refractivity contribution is 0.406. The zero-order valence-corrected chi connectivity index (χ0v) is 13.7. The van der Waals surface area contributed by atoms with Crippen molar-refractivity contribution in [3.8, 4) is 0 Å². The molecule has 1 N–H and O–H groups in total. The Hall–Kier alpha value is -0.780. The molecule has 1 nitrogen and oxygen atoms in total. The molecule has 0 fully saturated rings. The van der Waals surface area contributed by atoms with E-state index in [1.54, 1.807) is 11.3 Å². The molecule has 0 radical (unpaired) electrons. The summed E-state index contributed by atoms with van der Waals surface area (Å²) in [6, 6.07) is 6.77. The minimum Gasteiger partial charge on any atom is -0.305 e. The van der Waals surface area contributed by atoms with E-state index >= 15 is 0 Å². The van der Waals surface area contributed by atoms with E-state index in [2.05, 4.69) is 35.1 Å². The molecule has 1 atom stereocenters. The summed E-state index contributed by atoms with van der Waals surface area (Å²) in [6.07, 6.45) is 0. The Morgan fingerprint density at radius 2 is 2.00 bits per heavy atom. The van der Waals surface area contributed by atoms with Gasteiger partial charge in [-0.3, -0.25) is 0 Å². The smallest absolute Gasteiger partial charge is 0.144 e. The first-order valence-electron chi connectivity index (χ1n) is 6.40. The largest absolute Gasteiger partial charge is 0.305 e. The van der Waals surface area contributed by atoms with Crippen LogP contribution in [0.25, 0.3) is 0 Å². The fraction of sp³-hybridized carbons (Fsp3) is 0.333. The van der Waals surface area contributed by atoms with Gasteiger partial charge in [-0.15, -0.1) is 11.3 Å². The average molecular weight is 360 g/mol. The summed E-state index contributed by atoms with van der Waals surface area (Å²) in [7, 11) is 0. The topological polar surface area (TPSA) is 12.0 Å². The van der Waals surface area contributed by atoms with Crippen LogP contribution in [-0.2, 0) is 6.54 Å². The number of hydrogen-bond donors (Lipinski definition) is 1. The zero-order valence-electron chi connectivity index (χ0n) is 11.3. The molecule has 2 rings (SSSR count). The third-order valence-corrected chi connectivity index (χ3v) is 4.72. The van der Waals surface area contributed by atoms with Gasteiger partial charge in [-0.2, -0.15) is 0 Å². The van der Waals surface area contributed by atoms with Crippen LogP contribution in [0.5, 0.6) is 0 Å². The van der Waals surface area contributed by atoms with Gasteiger partial charge in [0.2, 0.25) is 0 Å². The molecule has 1 aromatic heterocycles. The number of rotatable bonds is 5. The highest BCUT2D eigenvalue weighted by molar-refractivity contribution is 9.10. The molecule has 1 unspecified atom stereocenters. The van der Waals surface area contributed by atoms with Gasteiger partial charge in [-0.1, -0.05) is 19.9 Å². The molecule has 5 heteroatoms. The Kier molecular flexibility index (Phi) is 5.29. The Labute approximate surface area is 130 Å². The molecule has 0 aliphatic carbocycles. The van der Waals surface area contributed by atoms with E-state index < -0.39 is 11.6 Å². The van der Waals surface area contributed by atoms with E-state index in [4.69, 9.17) is 0 Å². The monoisotopic (exact) mass is 359 g/mol. The Morgan fingerprint density at radius 1 is 1.25 bits per heavy atom. The molecule has 20 heavy (non-hydrogen) atoms. The third kappa shape index (κ3) is 3.45. The quantitative estimate of drug-likeness (QED) is 0.716. The van der Waals surface area contributed by atoms with Gasteiger partial charge in [-0.25, -0.2) is 8.78 Å². The first-order valence-corrected chi connectivity index (χ1v) is 8.07. The minimum atomic E-state index is -0.536. The summed E-state index contributed by atoms with van der Waals surface area (Å²) >= 11 is 4.73. The fourth-order valence-electron chi connectivity index (χ4n) is 2.08. The predicted octanol–water partition coefficient (Wildman–Crippen LogP) is 5.28. The van der Waals surface area contributed by atoms with E-state index in [9.17, 15) is 8.78 Å². The molecule has 108 valence electrons. The average Bonchev–Trinajstić information content (AvgIpc) is 2.91. The van der Waals surface area contributed by atoms with Gasteiger partial charge in [0.05, 0.1) is 4.47 Å². The molecule has 0 amide bonds. The third-order valence-electron chi connectivity index (χ3n) is 3.15. The van der Waals surface area contributed by atoms with E-state index in [1.807, 2.05) is 17.5 Å². The van der Waals surface area contributed by atoms with Crippen molar-refractivity contribution in [1.29, 1.82) is 0 Å². The summed E-state index contributed by atoms with van der Waals surface area (Å²) < 4.78 is 27.9. The summed E-state index contributed by atoms with van der Waals surface area (Å²) in [5.74, 6) is -0.718. The van der Waals surface area contributed by atoms with E-state index in [0.29, 0.717) is 5.92 Å². The number of benzene rings is 1. The molecule has 1 aromatic carbocycles. The highest BCUT2D eigenvalue weighted by atomic mass is 79.9. The highest BCUT2D eigenvalue weighted by Crippen LogP contribution is 2.27. The second-order valence-corrected chi connectivity index (χ2v) is 6.77. The second kappa shape index (κ2) is 6.78. The van der Waals surface area contributed by atoms with Crippen molar-refractivity contribution in [3.63, 3.8) is 0 Å². The Morgan fingerprint density at radius 3 is 2.60 bits per heavy atom. The molecule has 0 saturated carbocycles. The number of halogens is 3. The molecule has 0 spiro atoms. The van der Waals surface area contributed by atoms with Crippen LogP contribution >= 0.6 is 27.3 Å². The van der Waals surface area contributed by atoms with Gasteiger partial charge in [0.1, 0.15) is 11.6 Å². The van der Waals surface area contributed by atoms with Gasteiger partial charge in [0.25, 0.3) is 0 Å². The van der Waals surface area contributed by atoms with Crippen LogP contribution in [0.15, 0.2) is 34.1 Å². The van der Waals surface area contributed by atoms with Crippen molar-refractivity contribution >= 4 is 27.3 Å². The maximum atomic E-state index is 13.9. The fourth-order valence-corrected chi connectivity index (χ4v) is 3.42. The molecule has 2 aromatic rings. The predicted molar refractivity (Wildman–Crippen MR) is 82.8 cm³/mol. The maximum Gasteiger partial charge on any atom is 0.144 e. The van der Waals surface area contributed by atoms with Crippen molar-refractivity contribution in [3.05, 3.63) is 56.2 Å². The molecule has 0 aliphatic heterocycles. The summed E-state index contributed by atoms with van der Waals surface area (Å²) in [4.78, 5) is 1.18. The molecular weight excluding hydrogens is 344 g/mol. The lowest BCUT2D eigenvalue weighted by Crippen LogP contribution is -2.25. The van der Waals surface area contributed by atoms with Crippen LogP contribution in [-0.4, -0.2) is 0 Å². The summed E-state index contributed by atoms with van der Waals surface area (Å²) in [5.41, 5.74) is 0.0709. The van der Waals surface area contributed by atoms with Crippen molar-refractivity contribution in [2.75, 3.05) is 0 Å². The lowest BCUT2D eigenvalue weighted by atomic mass is 10.0. The highest BCUT2D eigenvalue weighted by Gasteiger charge is 2.19. The van der Waals surface area contributed by atoms with Gasteiger partial charge >= 0.3 is 0 Å². The van der Waals surface area contributed by atoms with Crippen LogP contribution < -0.4 is 5.32 Å². The number of thiophene rings is 1. The molecule has 1 heterocycles. The van der Waals surface area contributed by atoms with Gasteiger partial charge in [-0.05, 0) is 45.4 Å². The van der Waals surface area contributed by atoms with Crippen molar-refractivity contribution < 1.29 is 8.78 Å². The molecular formula is C15H16BrF2NS. The maximum absolute atomic E-state index is 13.9. The summed E-state index contributed by atoms with van der Waals surface area (Å²) in [6.45, 7) is 4.34. The van der Waals surface area contributed by atoms with Crippen LogP contribution in [0.2, 0.25) is 0 Å². The van der Waals surface area contributed by atoms with E-state index in [0.717, 1.165) is 0 Å². The number of nitrogens with one attached hydrogen (secondary N) is 1. The van der Waals surface area contributed by atoms with Crippen molar-refractivity contribution in [2.45, 2.75) is 26.4 Å². The lowest BCUT2D eigenvalue weighted by Gasteiger charge is -2.21.